The van der Waals surface area contributed by atoms with E-state index in [1.165, 1.54) is 4.68 Å². The van der Waals surface area contributed by atoms with E-state index in [0.717, 1.165) is 19.5 Å². The number of anilines is 1. The van der Waals surface area contributed by atoms with E-state index in [9.17, 15) is 4.79 Å². The van der Waals surface area contributed by atoms with Crippen LogP contribution in [0.15, 0.2) is 11.0 Å². The summed E-state index contributed by atoms with van der Waals surface area (Å²) in [4.78, 5) is 11.9. The van der Waals surface area contributed by atoms with Gasteiger partial charge in [0.25, 0.3) is 5.56 Å². The van der Waals surface area contributed by atoms with Gasteiger partial charge < -0.3 is 15.4 Å². The summed E-state index contributed by atoms with van der Waals surface area (Å²) in [6, 6.07) is 0. The molecule has 2 heterocycles. The van der Waals surface area contributed by atoms with Gasteiger partial charge in [-0.1, -0.05) is 18.5 Å². The van der Waals surface area contributed by atoms with Crippen molar-refractivity contribution in [3.05, 3.63) is 21.6 Å². The lowest BCUT2D eigenvalue weighted by atomic mass is 10.3. The molecule has 1 aliphatic rings. The van der Waals surface area contributed by atoms with Gasteiger partial charge in [-0.3, -0.25) is 4.79 Å². The average Bonchev–Trinajstić information content (AvgIpc) is 2.44. The molecule has 6 nitrogen and oxygen atoms in total. The fourth-order valence-corrected chi connectivity index (χ4v) is 2.15. The third-order valence-corrected chi connectivity index (χ3v) is 3.31. The number of hydrogen-bond donors (Lipinski definition) is 2. The first-order valence-electron chi connectivity index (χ1n) is 6.54. The zero-order valence-corrected chi connectivity index (χ0v) is 11.7. The highest BCUT2D eigenvalue weighted by atomic mass is 35.5. The van der Waals surface area contributed by atoms with Gasteiger partial charge in [0.1, 0.15) is 5.02 Å². The quantitative estimate of drug-likeness (QED) is 0.834. The molecule has 2 rings (SSSR count). The van der Waals surface area contributed by atoms with Gasteiger partial charge in [-0.05, 0) is 6.42 Å². The maximum Gasteiger partial charge on any atom is 0.287 e. The summed E-state index contributed by atoms with van der Waals surface area (Å²) < 4.78 is 6.94. The Kier molecular flexibility index (Phi) is 5.18. The van der Waals surface area contributed by atoms with Gasteiger partial charge in [-0.2, -0.15) is 5.10 Å². The molecular weight excluding hydrogens is 268 g/mol. The van der Waals surface area contributed by atoms with Gasteiger partial charge in [0, 0.05) is 26.2 Å². The van der Waals surface area contributed by atoms with Crippen LogP contribution in [0.2, 0.25) is 5.02 Å². The van der Waals surface area contributed by atoms with Gasteiger partial charge in [0.2, 0.25) is 0 Å². The highest BCUT2D eigenvalue weighted by molar-refractivity contribution is 6.32. The number of aromatic nitrogens is 2. The molecule has 0 spiro atoms. The number of morpholine rings is 1. The van der Waals surface area contributed by atoms with E-state index in [4.69, 9.17) is 16.3 Å². The monoisotopic (exact) mass is 286 g/mol. The van der Waals surface area contributed by atoms with Crippen LogP contribution < -0.4 is 16.2 Å². The van der Waals surface area contributed by atoms with E-state index >= 15 is 0 Å². The molecule has 0 aliphatic carbocycles. The van der Waals surface area contributed by atoms with Crippen molar-refractivity contribution in [3.63, 3.8) is 0 Å². The van der Waals surface area contributed by atoms with Crippen molar-refractivity contribution < 1.29 is 4.74 Å². The molecule has 2 N–H and O–H groups in total. The number of ether oxygens (including phenoxy) is 1. The largest absolute Gasteiger partial charge is 0.380 e. The Morgan fingerprint density at radius 3 is 3.21 bits per heavy atom. The third-order valence-electron chi connectivity index (χ3n) is 2.94. The van der Waals surface area contributed by atoms with E-state index in [1.807, 2.05) is 6.92 Å². The maximum atomic E-state index is 11.9. The second-order valence-corrected chi connectivity index (χ2v) is 4.86. The first kappa shape index (κ1) is 14.3. The molecule has 19 heavy (non-hydrogen) atoms. The Balaban J connectivity index is 2.00. The van der Waals surface area contributed by atoms with Crippen LogP contribution in [0.4, 0.5) is 5.69 Å². The highest BCUT2D eigenvalue weighted by Crippen LogP contribution is 2.15. The topological polar surface area (TPSA) is 68.2 Å². The van der Waals surface area contributed by atoms with Crippen molar-refractivity contribution in [2.75, 3.05) is 31.6 Å². The van der Waals surface area contributed by atoms with Crippen LogP contribution in [0, 0.1) is 0 Å². The summed E-state index contributed by atoms with van der Waals surface area (Å²) in [7, 11) is 0. The second kappa shape index (κ2) is 6.88. The van der Waals surface area contributed by atoms with Crippen LogP contribution in [0.25, 0.3) is 0 Å². The Morgan fingerprint density at radius 2 is 2.53 bits per heavy atom. The Bertz CT molecular complexity index is 471. The Labute approximate surface area is 117 Å². The van der Waals surface area contributed by atoms with Crippen LogP contribution in [0.1, 0.15) is 13.3 Å². The molecule has 0 aromatic carbocycles. The lowest BCUT2D eigenvalue weighted by molar-refractivity contribution is 0.0372. The molecule has 1 atom stereocenters. The van der Waals surface area contributed by atoms with Gasteiger partial charge in [-0.15, -0.1) is 0 Å². The SMILES string of the molecule is CCCn1ncc(NCC2CNCCO2)c(Cl)c1=O. The van der Waals surface area contributed by atoms with Crippen molar-refractivity contribution in [2.45, 2.75) is 26.0 Å². The standard InChI is InChI=1S/C12H19ClN4O2/c1-2-4-17-12(18)11(13)10(8-16-17)15-7-9-6-14-3-5-19-9/h8-9,14-15H,2-7H2,1H3. The van der Waals surface area contributed by atoms with Crippen molar-refractivity contribution in [1.82, 2.24) is 15.1 Å². The van der Waals surface area contributed by atoms with Crippen LogP contribution >= 0.6 is 11.6 Å². The highest BCUT2D eigenvalue weighted by Gasteiger charge is 2.14. The van der Waals surface area contributed by atoms with Crippen LogP contribution in [-0.2, 0) is 11.3 Å². The minimum atomic E-state index is -0.254. The van der Waals surface area contributed by atoms with Gasteiger partial charge in [0.05, 0.1) is 24.6 Å². The van der Waals surface area contributed by atoms with Crippen LogP contribution in [0.5, 0.6) is 0 Å². The lowest BCUT2D eigenvalue weighted by Gasteiger charge is -2.24. The van der Waals surface area contributed by atoms with Gasteiger partial charge in [-0.25, -0.2) is 4.68 Å². The maximum absolute atomic E-state index is 11.9. The summed E-state index contributed by atoms with van der Waals surface area (Å²) in [6.45, 7) is 5.55. The number of nitrogens with zero attached hydrogens (tertiary/aromatic N) is 2. The van der Waals surface area contributed by atoms with Crippen LogP contribution in [-0.4, -0.2) is 42.1 Å². The van der Waals surface area contributed by atoms with Gasteiger partial charge in [0.15, 0.2) is 0 Å². The first-order chi connectivity index (χ1) is 9.22. The minimum absolute atomic E-state index is 0.0860. The number of rotatable bonds is 5. The van der Waals surface area contributed by atoms with Gasteiger partial charge >= 0.3 is 0 Å². The zero-order valence-electron chi connectivity index (χ0n) is 11.0. The fraction of sp³-hybridized carbons (Fsp3) is 0.667. The lowest BCUT2D eigenvalue weighted by Crippen LogP contribution is -2.42. The van der Waals surface area contributed by atoms with E-state index < -0.39 is 0 Å². The molecule has 7 heteroatoms. The number of hydrogen-bond acceptors (Lipinski definition) is 5. The van der Waals surface area contributed by atoms with Crippen LogP contribution in [0.3, 0.4) is 0 Å². The number of halogens is 1. The smallest absolute Gasteiger partial charge is 0.287 e. The molecule has 0 radical (unpaired) electrons. The Morgan fingerprint density at radius 1 is 1.68 bits per heavy atom. The molecule has 1 unspecified atom stereocenters. The van der Waals surface area contributed by atoms with E-state index in [-0.39, 0.29) is 16.7 Å². The molecule has 1 fully saturated rings. The molecule has 0 amide bonds. The minimum Gasteiger partial charge on any atom is -0.380 e. The molecule has 1 aromatic heterocycles. The summed E-state index contributed by atoms with van der Waals surface area (Å²) in [5, 5.41) is 10.6. The summed E-state index contributed by atoms with van der Waals surface area (Å²) in [5.41, 5.74) is 0.310. The fourth-order valence-electron chi connectivity index (χ4n) is 1.93. The molecule has 1 aliphatic heterocycles. The summed E-state index contributed by atoms with van der Waals surface area (Å²) in [6.07, 6.45) is 2.52. The van der Waals surface area contributed by atoms with E-state index in [1.54, 1.807) is 6.20 Å². The molecule has 1 saturated heterocycles. The molecule has 0 bridgehead atoms. The first-order valence-corrected chi connectivity index (χ1v) is 6.92. The molecule has 106 valence electrons. The average molecular weight is 287 g/mol. The zero-order chi connectivity index (χ0) is 13.7. The summed E-state index contributed by atoms with van der Waals surface area (Å²) in [5.74, 6) is 0. The molecule has 0 saturated carbocycles. The Hall–Kier alpha value is -1.11. The van der Waals surface area contributed by atoms with Crippen molar-refractivity contribution in [2.24, 2.45) is 0 Å². The second-order valence-electron chi connectivity index (χ2n) is 4.48. The van der Waals surface area contributed by atoms with E-state index in [2.05, 4.69) is 15.7 Å². The van der Waals surface area contributed by atoms with Crippen molar-refractivity contribution in [3.8, 4) is 0 Å². The van der Waals surface area contributed by atoms with Crippen molar-refractivity contribution >= 4 is 17.3 Å². The predicted octanol–water partition coefficient (Wildman–Crippen LogP) is 0.707. The predicted molar refractivity (Wildman–Crippen MR) is 74.9 cm³/mol. The molecule has 1 aromatic rings. The number of aryl methyl sites for hydroxylation is 1. The summed E-state index contributed by atoms with van der Waals surface area (Å²) >= 11 is 6.06. The third kappa shape index (κ3) is 3.68. The normalized spacial score (nSPS) is 19.4. The van der Waals surface area contributed by atoms with Crippen molar-refractivity contribution in [1.29, 1.82) is 0 Å². The molecular formula is C12H19ClN4O2. The van der Waals surface area contributed by atoms with E-state index in [0.29, 0.717) is 25.4 Å². The number of nitrogens with one attached hydrogen (secondary N) is 2.